The van der Waals surface area contributed by atoms with Crippen LogP contribution in [0.5, 0.6) is 0 Å². The van der Waals surface area contributed by atoms with E-state index in [-0.39, 0.29) is 24.0 Å². The van der Waals surface area contributed by atoms with Crippen LogP contribution in [0.15, 0.2) is 45.9 Å². The number of hydrogen-bond acceptors (Lipinski definition) is 4. The summed E-state index contributed by atoms with van der Waals surface area (Å²) in [7, 11) is 1.85. The molecule has 3 rings (SSSR count). The standard InChI is InChI=1S/C22H31N5O.HI/c1-18-21(19(2)28-25-18)11-12-24-22(23-3)27-16-14-26(15-17-27)13-7-10-20-8-5-4-6-9-20;/h4-10H,11-17H2,1-3H3,(H,23,24);1H/b10-7+;. The Labute approximate surface area is 191 Å². The lowest BCUT2D eigenvalue weighted by atomic mass is 10.1. The summed E-state index contributed by atoms with van der Waals surface area (Å²) >= 11 is 0. The zero-order valence-corrected chi connectivity index (χ0v) is 19.9. The predicted octanol–water partition coefficient (Wildman–Crippen LogP) is 3.36. The summed E-state index contributed by atoms with van der Waals surface area (Å²) in [6.45, 7) is 9.85. The number of aryl methyl sites for hydroxylation is 2. The number of aromatic nitrogens is 1. The van der Waals surface area contributed by atoms with E-state index in [2.05, 4.69) is 61.7 Å². The van der Waals surface area contributed by atoms with Crippen LogP contribution in [-0.4, -0.2) is 67.2 Å². The van der Waals surface area contributed by atoms with Crippen molar-refractivity contribution in [1.29, 1.82) is 0 Å². The summed E-state index contributed by atoms with van der Waals surface area (Å²) in [6, 6.07) is 10.5. The Morgan fingerprint density at radius 1 is 1.17 bits per heavy atom. The number of benzene rings is 1. The Hall–Kier alpha value is -1.87. The second kappa shape index (κ2) is 12.0. The molecule has 0 amide bonds. The fourth-order valence-electron chi connectivity index (χ4n) is 3.53. The number of nitrogens with zero attached hydrogens (tertiary/aromatic N) is 4. The maximum absolute atomic E-state index is 5.24. The highest BCUT2D eigenvalue weighted by Gasteiger charge is 2.19. The van der Waals surface area contributed by atoms with Gasteiger partial charge in [0.05, 0.1) is 5.69 Å². The van der Waals surface area contributed by atoms with Crippen LogP contribution < -0.4 is 5.32 Å². The molecule has 1 aromatic heterocycles. The highest BCUT2D eigenvalue weighted by atomic mass is 127. The molecule has 158 valence electrons. The van der Waals surface area contributed by atoms with E-state index < -0.39 is 0 Å². The summed E-state index contributed by atoms with van der Waals surface area (Å²) in [5.74, 6) is 1.89. The fraction of sp³-hybridized carbons (Fsp3) is 0.455. The minimum atomic E-state index is 0. The molecular formula is C22H32IN5O. The third kappa shape index (κ3) is 6.85. The van der Waals surface area contributed by atoms with Crippen LogP contribution in [0.1, 0.15) is 22.6 Å². The number of nitrogens with one attached hydrogen (secondary N) is 1. The summed E-state index contributed by atoms with van der Waals surface area (Å²) < 4.78 is 5.24. The molecule has 1 aromatic carbocycles. The summed E-state index contributed by atoms with van der Waals surface area (Å²) in [6.07, 6.45) is 5.34. The van der Waals surface area contributed by atoms with Crippen LogP contribution in [0.4, 0.5) is 0 Å². The van der Waals surface area contributed by atoms with Crippen LogP contribution in [0.2, 0.25) is 0 Å². The molecule has 1 aliphatic heterocycles. The normalized spacial score (nSPS) is 15.6. The van der Waals surface area contributed by atoms with E-state index in [1.54, 1.807) is 0 Å². The largest absolute Gasteiger partial charge is 0.361 e. The lowest BCUT2D eigenvalue weighted by molar-refractivity contribution is 0.194. The van der Waals surface area contributed by atoms with Crippen LogP contribution in [0.3, 0.4) is 0 Å². The fourth-order valence-corrected chi connectivity index (χ4v) is 3.53. The van der Waals surface area contributed by atoms with Crippen molar-refractivity contribution in [3.05, 3.63) is 59.0 Å². The average Bonchev–Trinajstić information content (AvgIpc) is 3.05. The van der Waals surface area contributed by atoms with E-state index in [4.69, 9.17) is 4.52 Å². The molecule has 1 saturated heterocycles. The smallest absolute Gasteiger partial charge is 0.193 e. The zero-order chi connectivity index (χ0) is 19.8. The van der Waals surface area contributed by atoms with E-state index in [9.17, 15) is 0 Å². The molecule has 1 fully saturated rings. The number of hydrogen-bond donors (Lipinski definition) is 1. The first-order chi connectivity index (χ1) is 13.7. The van der Waals surface area contributed by atoms with Gasteiger partial charge in [0.15, 0.2) is 5.96 Å². The van der Waals surface area contributed by atoms with Crippen LogP contribution in [0, 0.1) is 13.8 Å². The van der Waals surface area contributed by atoms with Gasteiger partial charge in [0.2, 0.25) is 0 Å². The van der Waals surface area contributed by atoms with Gasteiger partial charge in [0.1, 0.15) is 5.76 Å². The third-order valence-electron chi connectivity index (χ3n) is 5.20. The van der Waals surface area contributed by atoms with Crippen LogP contribution in [-0.2, 0) is 6.42 Å². The Balaban J connectivity index is 0.00000300. The minimum Gasteiger partial charge on any atom is -0.361 e. The summed E-state index contributed by atoms with van der Waals surface area (Å²) in [5, 5.41) is 7.51. The van der Waals surface area contributed by atoms with Gasteiger partial charge in [-0.3, -0.25) is 9.89 Å². The lowest BCUT2D eigenvalue weighted by Gasteiger charge is -2.36. The molecule has 2 aromatic rings. The molecule has 0 saturated carbocycles. The molecule has 0 radical (unpaired) electrons. The summed E-state index contributed by atoms with van der Waals surface area (Å²) in [4.78, 5) is 9.28. The molecule has 0 unspecified atom stereocenters. The van der Waals surface area contributed by atoms with Crippen LogP contribution >= 0.6 is 24.0 Å². The van der Waals surface area contributed by atoms with Crippen LogP contribution in [0.25, 0.3) is 6.08 Å². The quantitative estimate of drug-likeness (QED) is 0.368. The van der Waals surface area contributed by atoms with Crippen molar-refractivity contribution < 1.29 is 4.52 Å². The molecule has 0 aliphatic carbocycles. The topological polar surface area (TPSA) is 56.9 Å². The predicted molar refractivity (Wildman–Crippen MR) is 130 cm³/mol. The third-order valence-corrected chi connectivity index (χ3v) is 5.20. The minimum absolute atomic E-state index is 0. The number of halogens is 1. The Bertz CT molecular complexity index is 775. The molecular weight excluding hydrogens is 477 g/mol. The maximum atomic E-state index is 5.24. The number of piperazine rings is 1. The Morgan fingerprint density at radius 2 is 1.90 bits per heavy atom. The lowest BCUT2D eigenvalue weighted by Crippen LogP contribution is -2.52. The van der Waals surface area contributed by atoms with Crippen molar-refractivity contribution in [2.75, 3.05) is 46.3 Å². The number of aliphatic imine (C=N–C) groups is 1. The van der Waals surface area contributed by atoms with Gasteiger partial charge >= 0.3 is 0 Å². The van der Waals surface area contributed by atoms with Crippen molar-refractivity contribution in [3.63, 3.8) is 0 Å². The van der Waals surface area contributed by atoms with Crippen molar-refractivity contribution in [2.24, 2.45) is 4.99 Å². The first-order valence-corrected chi connectivity index (χ1v) is 9.98. The molecule has 7 heteroatoms. The molecule has 0 bridgehead atoms. The Kier molecular flexibility index (Phi) is 9.66. The van der Waals surface area contributed by atoms with Gasteiger partial charge in [-0.25, -0.2) is 0 Å². The highest BCUT2D eigenvalue weighted by molar-refractivity contribution is 14.0. The SMILES string of the molecule is CN=C(NCCc1c(C)noc1C)N1CCN(C/C=C/c2ccccc2)CC1.I. The number of rotatable bonds is 6. The van der Waals surface area contributed by atoms with Crippen molar-refractivity contribution in [3.8, 4) is 0 Å². The second-order valence-electron chi connectivity index (χ2n) is 7.13. The van der Waals surface area contributed by atoms with E-state index in [0.29, 0.717) is 0 Å². The molecule has 1 aliphatic rings. The second-order valence-corrected chi connectivity index (χ2v) is 7.13. The molecule has 2 heterocycles. The number of guanidine groups is 1. The van der Waals surface area contributed by atoms with Gasteiger partial charge in [-0.05, 0) is 25.8 Å². The van der Waals surface area contributed by atoms with E-state index in [1.165, 1.54) is 11.1 Å². The Morgan fingerprint density at radius 3 is 2.52 bits per heavy atom. The molecule has 29 heavy (non-hydrogen) atoms. The van der Waals surface area contributed by atoms with Gasteiger partial charge in [-0.15, -0.1) is 24.0 Å². The molecule has 1 N–H and O–H groups in total. The monoisotopic (exact) mass is 509 g/mol. The zero-order valence-electron chi connectivity index (χ0n) is 17.6. The summed E-state index contributed by atoms with van der Waals surface area (Å²) in [5.41, 5.74) is 3.42. The van der Waals surface area contributed by atoms with Crippen molar-refractivity contribution in [2.45, 2.75) is 20.3 Å². The molecule has 0 atom stereocenters. The molecule has 0 spiro atoms. The average molecular weight is 509 g/mol. The van der Waals surface area contributed by atoms with Gasteiger partial charge in [-0.1, -0.05) is 47.6 Å². The maximum Gasteiger partial charge on any atom is 0.193 e. The first-order valence-electron chi connectivity index (χ1n) is 9.98. The van der Waals surface area contributed by atoms with Crippen molar-refractivity contribution >= 4 is 36.0 Å². The first kappa shape index (κ1) is 23.4. The van der Waals surface area contributed by atoms with Gasteiger partial charge < -0.3 is 14.7 Å². The van der Waals surface area contributed by atoms with E-state index in [1.807, 2.05) is 27.0 Å². The van der Waals surface area contributed by atoms with Gasteiger partial charge in [-0.2, -0.15) is 0 Å². The van der Waals surface area contributed by atoms with E-state index in [0.717, 1.165) is 63.1 Å². The molecule has 6 nitrogen and oxygen atoms in total. The van der Waals surface area contributed by atoms with Crippen molar-refractivity contribution in [1.82, 2.24) is 20.3 Å². The van der Waals surface area contributed by atoms with E-state index >= 15 is 0 Å². The van der Waals surface area contributed by atoms with Gasteiger partial charge in [0.25, 0.3) is 0 Å². The van der Waals surface area contributed by atoms with Gasteiger partial charge in [0, 0.05) is 51.9 Å². The highest BCUT2D eigenvalue weighted by Crippen LogP contribution is 2.12.